The van der Waals surface area contributed by atoms with Gasteiger partial charge in [0.1, 0.15) is 5.70 Å². The lowest BCUT2D eigenvalue weighted by atomic mass is 10.0. The maximum Gasteiger partial charge on any atom is 0.282 e. The Kier molecular flexibility index (Phi) is 4.91. The van der Waals surface area contributed by atoms with E-state index in [-0.39, 0.29) is 17.0 Å². The van der Waals surface area contributed by atoms with E-state index in [1.165, 1.54) is 6.07 Å². The van der Waals surface area contributed by atoms with Crippen molar-refractivity contribution in [3.63, 3.8) is 0 Å². The fourth-order valence-electron chi connectivity index (χ4n) is 3.38. The van der Waals surface area contributed by atoms with Crippen molar-refractivity contribution in [1.82, 2.24) is 0 Å². The predicted molar refractivity (Wildman–Crippen MR) is 112 cm³/mol. The van der Waals surface area contributed by atoms with Gasteiger partial charge in [-0.05, 0) is 48.7 Å². The SMILES string of the molecule is Cc1ccc(C)c(NC2=C(c3ccccc3)C(=O)N(c3ccc(F)c(F)c3)C2=O)c1. The molecule has 2 amide bonds. The summed E-state index contributed by atoms with van der Waals surface area (Å²) in [5, 5.41) is 3.10. The molecule has 150 valence electrons. The molecule has 30 heavy (non-hydrogen) atoms. The van der Waals surface area contributed by atoms with Crippen molar-refractivity contribution in [2.24, 2.45) is 0 Å². The Labute approximate surface area is 172 Å². The van der Waals surface area contributed by atoms with Gasteiger partial charge in [-0.25, -0.2) is 13.7 Å². The second-order valence-corrected chi connectivity index (χ2v) is 7.10. The molecule has 0 unspecified atom stereocenters. The van der Waals surface area contributed by atoms with E-state index in [0.717, 1.165) is 28.2 Å². The van der Waals surface area contributed by atoms with Crippen LogP contribution in [0.5, 0.6) is 0 Å². The lowest BCUT2D eigenvalue weighted by molar-refractivity contribution is -0.120. The zero-order valence-corrected chi connectivity index (χ0v) is 16.4. The molecule has 0 spiro atoms. The highest BCUT2D eigenvalue weighted by molar-refractivity contribution is 6.46. The highest BCUT2D eigenvalue weighted by Crippen LogP contribution is 2.34. The van der Waals surface area contributed by atoms with Crippen molar-refractivity contribution in [1.29, 1.82) is 0 Å². The number of benzene rings is 3. The van der Waals surface area contributed by atoms with Gasteiger partial charge in [0.25, 0.3) is 11.8 Å². The molecule has 3 aromatic rings. The van der Waals surface area contributed by atoms with Gasteiger partial charge in [0.15, 0.2) is 11.6 Å². The second kappa shape index (κ2) is 7.55. The van der Waals surface area contributed by atoms with Crippen LogP contribution in [0.4, 0.5) is 20.2 Å². The Morgan fingerprint density at radius 1 is 0.800 bits per heavy atom. The molecule has 1 aliphatic heterocycles. The average Bonchev–Trinajstić information content (AvgIpc) is 2.97. The van der Waals surface area contributed by atoms with Gasteiger partial charge in [-0.1, -0.05) is 42.5 Å². The van der Waals surface area contributed by atoms with E-state index >= 15 is 0 Å². The van der Waals surface area contributed by atoms with Crippen LogP contribution in [-0.2, 0) is 9.59 Å². The minimum Gasteiger partial charge on any atom is -0.350 e. The van der Waals surface area contributed by atoms with E-state index in [2.05, 4.69) is 5.32 Å². The largest absolute Gasteiger partial charge is 0.350 e. The second-order valence-electron chi connectivity index (χ2n) is 7.10. The Bertz CT molecular complexity index is 1200. The number of hydrogen-bond acceptors (Lipinski definition) is 3. The molecule has 3 aromatic carbocycles. The van der Waals surface area contributed by atoms with Crippen LogP contribution < -0.4 is 10.2 Å². The van der Waals surface area contributed by atoms with Crippen molar-refractivity contribution < 1.29 is 18.4 Å². The molecule has 0 aromatic heterocycles. The van der Waals surface area contributed by atoms with E-state index in [9.17, 15) is 18.4 Å². The van der Waals surface area contributed by atoms with Gasteiger partial charge in [0.05, 0.1) is 11.3 Å². The number of aryl methyl sites for hydroxylation is 2. The molecular formula is C24H18F2N2O2. The Balaban J connectivity index is 1.84. The first-order valence-electron chi connectivity index (χ1n) is 9.34. The first-order valence-corrected chi connectivity index (χ1v) is 9.34. The van der Waals surface area contributed by atoms with Gasteiger partial charge in [-0.2, -0.15) is 0 Å². The summed E-state index contributed by atoms with van der Waals surface area (Å²) in [4.78, 5) is 27.4. The summed E-state index contributed by atoms with van der Waals surface area (Å²) in [6, 6.07) is 17.4. The van der Waals surface area contributed by atoms with Crippen molar-refractivity contribution in [3.05, 3.63) is 101 Å². The number of halogens is 2. The molecule has 4 nitrogen and oxygen atoms in total. The zero-order chi connectivity index (χ0) is 21.4. The van der Waals surface area contributed by atoms with Crippen LogP contribution in [0.2, 0.25) is 0 Å². The molecule has 6 heteroatoms. The van der Waals surface area contributed by atoms with Gasteiger partial charge >= 0.3 is 0 Å². The monoisotopic (exact) mass is 404 g/mol. The predicted octanol–water partition coefficient (Wildman–Crippen LogP) is 4.98. The number of carbonyl (C=O) groups is 2. The van der Waals surface area contributed by atoms with Gasteiger partial charge < -0.3 is 5.32 Å². The molecule has 1 N–H and O–H groups in total. The molecule has 0 aliphatic carbocycles. The van der Waals surface area contributed by atoms with Crippen molar-refractivity contribution in [3.8, 4) is 0 Å². The van der Waals surface area contributed by atoms with E-state index < -0.39 is 23.4 Å². The van der Waals surface area contributed by atoms with Crippen LogP contribution in [0.15, 0.2) is 72.4 Å². The summed E-state index contributed by atoms with van der Waals surface area (Å²) >= 11 is 0. The fraction of sp³-hybridized carbons (Fsp3) is 0.0833. The molecule has 1 aliphatic rings. The number of amides is 2. The summed E-state index contributed by atoms with van der Waals surface area (Å²) in [6.45, 7) is 3.81. The van der Waals surface area contributed by atoms with E-state index in [1.54, 1.807) is 30.3 Å². The third-order valence-electron chi connectivity index (χ3n) is 4.96. The van der Waals surface area contributed by atoms with Crippen molar-refractivity contribution in [2.75, 3.05) is 10.2 Å². The minimum absolute atomic E-state index is 0.0323. The smallest absolute Gasteiger partial charge is 0.282 e. The van der Waals surface area contributed by atoms with Gasteiger partial charge in [-0.15, -0.1) is 0 Å². The first-order chi connectivity index (χ1) is 14.4. The lowest BCUT2D eigenvalue weighted by Gasteiger charge is -2.16. The quantitative estimate of drug-likeness (QED) is 0.624. The molecule has 0 saturated carbocycles. The van der Waals surface area contributed by atoms with E-state index in [0.29, 0.717) is 11.3 Å². The van der Waals surface area contributed by atoms with Crippen molar-refractivity contribution >= 4 is 28.8 Å². The summed E-state index contributed by atoms with van der Waals surface area (Å²) in [7, 11) is 0. The van der Waals surface area contributed by atoms with Crippen LogP contribution in [0.25, 0.3) is 5.57 Å². The third kappa shape index (κ3) is 3.37. The molecule has 1 heterocycles. The zero-order valence-electron chi connectivity index (χ0n) is 16.4. The highest BCUT2D eigenvalue weighted by Gasteiger charge is 2.40. The molecule has 0 atom stereocenters. The number of anilines is 2. The normalized spacial score (nSPS) is 13.9. The van der Waals surface area contributed by atoms with Crippen molar-refractivity contribution in [2.45, 2.75) is 13.8 Å². The summed E-state index contributed by atoms with van der Waals surface area (Å²) < 4.78 is 27.2. The summed E-state index contributed by atoms with van der Waals surface area (Å²) in [5.74, 6) is -3.43. The number of carbonyl (C=O) groups excluding carboxylic acids is 2. The maximum absolute atomic E-state index is 13.8. The van der Waals surface area contributed by atoms with E-state index in [4.69, 9.17) is 0 Å². The Morgan fingerprint density at radius 2 is 1.53 bits per heavy atom. The average molecular weight is 404 g/mol. The van der Waals surface area contributed by atoms with Gasteiger partial charge in [0.2, 0.25) is 0 Å². The summed E-state index contributed by atoms with van der Waals surface area (Å²) in [5.41, 5.74) is 3.35. The molecule has 0 fully saturated rings. The Hall–Kier alpha value is -3.80. The van der Waals surface area contributed by atoms with Crippen LogP contribution >= 0.6 is 0 Å². The van der Waals surface area contributed by atoms with E-state index in [1.807, 2.05) is 32.0 Å². The molecule has 4 rings (SSSR count). The van der Waals surface area contributed by atoms with Crippen LogP contribution in [-0.4, -0.2) is 11.8 Å². The van der Waals surface area contributed by atoms with Gasteiger partial charge in [0, 0.05) is 11.8 Å². The number of nitrogens with zero attached hydrogens (tertiary/aromatic N) is 1. The Morgan fingerprint density at radius 3 is 2.23 bits per heavy atom. The number of nitrogens with one attached hydrogen (secondary N) is 1. The van der Waals surface area contributed by atoms with Crippen LogP contribution in [0.3, 0.4) is 0 Å². The number of rotatable bonds is 4. The fourth-order valence-corrected chi connectivity index (χ4v) is 3.38. The molecule has 0 radical (unpaired) electrons. The van der Waals surface area contributed by atoms with Crippen LogP contribution in [0.1, 0.15) is 16.7 Å². The minimum atomic E-state index is -1.13. The maximum atomic E-state index is 13.8. The topological polar surface area (TPSA) is 49.4 Å². The highest BCUT2D eigenvalue weighted by atomic mass is 19.2. The van der Waals surface area contributed by atoms with Gasteiger partial charge in [-0.3, -0.25) is 9.59 Å². The molecule has 0 bridgehead atoms. The van der Waals surface area contributed by atoms with Crippen LogP contribution in [0, 0.1) is 25.5 Å². The number of hydrogen-bond donors (Lipinski definition) is 1. The number of imide groups is 1. The molecule has 0 saturated heterocycles. The summed E-state index contributed by atoms with van der Waals surface area (Å²) in [6.07, 6.45) is 0. The first kappa shape index (κ1) is 19.5. The molecular weight excluding hydrogens is 386 g/mol. The standard InChI is InChI=1S/C24H18F2N2O2/c1-14-8-9-15(2)20(12-14)27-22-21(16-6-4-3-5-7-16)23(29)28(24(22)30)17-10-11-18(25)19(26)13-17/h3-13,27H,1-2H3. The lowest BCUT2D eigenvalue weighted by Crippen LogP contribution is -2.32. The third-order valence-corrected chi connectivity index (χ3v) is 4.96.